The number of benzene rings is 2. The second-order valence-electron chi connectivity index (χ2n) is 7.49. The molecule has 0 atom stereocenters. The third-order valence-electron chi connectivity index (χ3n) is 5.68. The van der Waals surface area contributed by atoms with Gasteiger partial charge in [0.25, 0.3) is 5.78 Å². The number of anilines is 1. The maximum Gasteiger partial charge on any atom is 0.303 e. The zero-order chi connectivity index (χ0) is 19.0. The number of rotatable bonds is 4. The molecule has 27 heavy (non-hydrogen) atoms. The van der Waals surface area contributed by atoms with Crippen molar-refractivity contribution in [2.24, 2.45) is 0 Å². The van der Waals surface area contributed by atoms with E-state index in [1.165, 1.54) is 16.0 Å². The highest BCUT2D eigenvalue weighted by Gasteiger charge is 2.38. The average Bonchev–Trinajstić information content (AvgIpc) is 2.90. The summed E-state index contributed by atoms with van der Waals surface area (Å²) in [5.41, 5.74) is 3.87. The molecule has 0 aliphatic carbocycles. The zero-order valence-corrected chi connectivity index (χ0v) is 16.2. The summed E-state index contributed by atoms with van der Waals surface area (Å²) in [6.45, 7) is 7.85. The van der Waals surface area contributed by atoms with E-state index in [1.54, 1.807) is 28.0 Å². The molecule has 2 heterocycles. The smallest absolute Gasteiger partial charge is 0.303 e. The van der Waals surface area contributed by atoms with Crippen molar-refractivity contribution in [3.05, 3.63) is 64.2 Å². The van der Waals surface area contributed by atoms with Gasteiger partial charge in [-0.15, -0.1) is 0 Å². The van der Waals surface area contributed by atoms with Crippen LogP contribution in [-0.4, -0.2) is 44.5 Å². The largest absolute Gasteiger partial charge is 0.322 e. The topological polar surface area (TPSA) is 46.3 Å². The monoisotopic (exact) mass is 385 g/mol. The van der Waals surface area contributed by atoms with Crippen LogP contribution in [-0.2, 0) is 11.3 Å². The van der Waals surface area contributed by atoms with Gasteiger partial charge in [-0.2, -0.15) is 0 Å². The van der Waals surface area contributed by atoms with E-state index >= 15 is 0 Å². The Morgan fingerprint density at radius 3 is 2.44 bits per heavy atom. The number of Topliss-reactive ketones (excluding diaryl/α,β-unsaturated/α-hetero) is 1. The summed E-state index contributed by atoms with van der Waals surface area (Å²) < 4.78 is 0. The molecule has 0 radical (unpaired) electrons. The van der Waals surface area contributed by atoms with Crippen LogP contribution < -0.4 is 14.7 Å². The fourth-order valence-corrected chi connectivity index (χ4v) is 4.20. The molecule has 0 spiro atoms. The molecule has 4 rings (SSSR count). The molecule has 2 aromatic carbocycles. The predicted molar refractivity (Wildman–Crippen MR) is 104 cm³/mol. The van der Waals surface area contributed by atoms with Gasteiger partial charge in [-0.05, 0) is 30.7 Å². The highest BCUT2D eigenvalue weighted by molar-refractivity contribution is 6.52. The molecule has 2 aliphatic rings. The number of piperazine rings is 1. The maximum absolute atomic E-state index is 12.4. The van der Waals surface area contributed by atoms with E-state index in [-0.39, 0.29) is 0 Å². The van der Waals surface area contributed by atoms with Gasteiger partial charge in [0.1, 0.15) is 32.7 Å². The Balaban J connectivity index is 1.38. The molecule has 0 saturated carbocycles. The molecule has 6 heteroatoms. The minimum absolute atomic E-state index is 0.427. The third kappa shape index (κ3) is 3.63. The fourth-order valence-electron chi connectivity index (χ4n) is 4.02. The number of ketones is 1. The van der Waals surface area contributed by atoms with Crippen LogP contribution in [0.2, 0.25) is 5.02 Å². The lowest BCUT2D eigenvalue weighted by Crippen LogP contribution is -3.28. The van der Waals surface area contributed by atoms with Crippen LogP contribution in [0.5, 0.6) is 0 Å². The number of nitrogens with zero attached hydrogens (tertiary/aromatic N) is 1. The van der Waals surface area contributed by atoms with Crippen LogP contribution >= 0.6 is 11.6 Å². The lowest BCUT2D eigenvalue weighted by Gasteiger charge is -2.32. The van der Waals surface area contributed by atoms with Gasteiger partial charge in [-0.1, -0.05) is 35.9 Å². The van der Waals surface area contributed by atoms with E-state index in [0.717, 1.165) is 32.7 Å². The Kier molecular flexibility index (Phi) is 5.00. The highest BCUT2D eigenvalue weighted by Crippen LogP contribution is 2.30. The summed E-state index contributed by atoms with van der Waals surface area (Å²) in [6.07, 6.45) is 0. The first-order valence-electron chi connectivity index (χ1n) is 9.40. The first kappa shape index (κ1) is 18.2. The highest BCUT2D eigenvalue weighted by atomic mass is 35.5. The van der Waals surface area contributed by atoms with Crippen molar-refractivity contribution in [3.8, 4) is 0 Å². The van der Waals surface area contributed by atoms with Crippen LogP contribution in [0, 0.1) is 6.92 Å². The molecule has 1 amide bonds. The second-order valence-corrected chi connectivity index (χ2v) is 7.92. The van der Waals surface area contributed by atoms with E-state index in [0.29, 0.717) is 22.9 Å². The summed E-state index contributed by atoms with van der Waals surface area (Å²) in [4.78, 5) is 29.2. The van der Waals surface area contributed by atoms with Crippen molar-refractivity contribution in [3.63, 3.8) is 0 Å². The van der Waals surface area contributed by atoms with E-state index in [1.807, 2.05) is 0 Å². The second kappa shape index (κ2) is 7.43. The molecule has 1 saturated heterocycles. The van der Waals surface area contributed by atoms with Crippen LogP contribution in [0.1, 0.15) is 21.5 Å². The quantitative estimate of drug-likeness (QED) is 0.734. The Bertz CT molecular complexity index is 891. The van der Waals surface area contributed by atoms with E-state index in [9.17, 15) is 9.59 Å². The molecular formula is C21H24ClN3O2+2. The molecule has 0 unspecified atom stereocenters. The fraction of sp³-hybridized carbons (Fsp3) is 0.333. The third-order valence-corrected chi connectivity index (χ3v) is 5.92. The number of hydrogen-bond donors (Lipinski definition) is 2. The van der Waals surface area contributed by atoms with Gasteiger partial charge in [-0.25, -0.2) is 0 Å². The summed E-state index contributed by atoms with van der Waals surface area (Å²) in [6, 6.07) is 13.7. The van der Waals surface area contributed by atoms with Gasteiger partial charge < -0.3 is 9.80 Å². The number of hydrogen-bond acceptors (Lipinski definition) is 2. The Labute approximate surface area is 164 Å². The molecule has 0 aromatic heterocycles. The number of halogens is 1. The van der Waals surface area contributed by atoms with Gasteiger partial charge in [0, 0.05) is 10.6 Å². The van der Waals surface area contributed by atoms with Crippen molar-refractivity contribution in [2.75, 3.05) is 37.7 Å². The van der Waals surface area contributed by atoms with Gasteiger partial charge in [0.15, 0.2) is 6.67 Å². The summed E-state index contributed by atoms with van der Waals surface area (Å²) in [7, 11) is 0. The van der Waals surface area contributed by atoms with E-state index in [2.05, 4.69) is 31.2 Å². The number of aryl methyl sites for hydroxylation is 1. The van der Waals surface area contributed by atoms with Crippen LogP contribution in [0.15, 0.2) is 42.5 Å². The van der Waals surface area contributed by atoms with Crippen molar-refractivity contribution < 1.29 is 19.4 Å². The van der Waals surface area contributed by atoms with Crippen LogP contribution in [0.25, 0.3) is 0 Å². The number of carbonyl (C=O) groups is 2. The molecule has 140 valence electrons. The van der Waals surface area contributed by atoms with E-state index < -0.39 is 11.7 Å². The standard InChI is InChI=1S/C21H22ClN3O2/c1-15-4-2-3-5-16(15)13-23-8-10-24(11-9-23)14-25-19-7-6-17(22)12-18(19)20(26)21(25)27/h2-7,12H,8-11,13-14H2,1H3/p+2. The van der Waals surface area contributed by atoms with Gasteiger partial charge >= 0.3 is 5.91 Å². The van der Waals surface area contributed by atoms with Gasteiger partial charge in [-0.3, -0.25) is 14.5 Å². The first-order chi connectivity index (χ1) is 13.0. The van der Waals surface area contributed by atoms with Gasteiger partial charge in [0.05, 0.1) is 11.3 Å². The lowest BCUT2D eigenvalue weighted by molar-refractivity contribution is -1.02. The van der Waals surface area contributed by atoms with Crippen molar-refractivity contribution in [1.29, 1.82) is 0 Å². The Morgan fingerprint density at radius 1 is 1.00 bits per heavy atom. The summed E-state index contributed by atoms with van der Waals surface area (Å²) >= 11 is 5.98. The molecule has 5 nitrogen and oxygen atoms in total. The van der Waals surface area contributed by atoms with Crippen molar-refractivity contribution in [2.45, 2.75) is 13.5 Å². The number of carbonyl (C=O) groups excluding carboxylic acids is 2. The Hall–Kier alpha value is -2.21. The molecule has 2 aliphatic heterocycles. The molecule has 1 fully saturated rings. The molecular weight excluding hydrogens is 362 g/mol. The summed E-state index contributed by atoms with van der Waals surface area (Å²) in [5, 5.41) is 0.484. The van der Waals surface area contributed by atoms with Crippen LogP contribution in [0.4, 0.5) is 5.69 Å². The lowest BCUT2D eigenvalue weighted by atomic mass is 10.1. The molecule has 2 aromatic rings. The molecule has 0 bridgehead atoms. The minimum atomic E-state index is -0.448. The summed E-state index contributed by atoms with van der Waals surface area (Å²) in [5.74, 6) is -0.884. The normalized spacial score (nSPS) is 22.2. The Morgan fingerprint density at radius 2 is 1.70 bits per heavy atom. The number of fused-ring (bicyclic) bond motifs is 1. The van der Waals surface area contributed by atoms with Gasteiger partial charge in [0.2, 0.25) is 0 Å². The van der Waals surface area contributed by atoms with Crippen molar-refractivity contribution in [1.82, 2.24) is 0 Å². The molecule has 2 N–H and O–H groups in total. The maximum atomic E-state index is 12.4. The average molecular weight is 386 g/mol. The van der Waals surface area contributed by atoms with Crippen molar-refractivity contribution >= 4 is 29.0 Å². The zero-order valence-electron chi connectivity index (χ0n) is 15.4. The number of amides is 1. The SMILES string of the molecule is Cc1ccccc1C[NH+]1CC[NH+](CN2C(=O)C(=O)c3cc(Cl)ccc32)CC1. The van der Waals surface area contributed by atoms with E-state index in [4.69, 9.17) is 11.6 Å². The van der Waals surface area contributed by atoms with Crippen LogP contribution in [0.3, 0.4) is 0 Å². The number of nitrogens with one attached hydrogen (secondary N) is 2. The predicted octanol–water partition coefficient (Wildman–Crippen LogP) is 0.119. The minimum Gasteiger partial charge on any atom is -0.322 e. The number of quaternary nitrogens is 2. The first-order valence-corrected chi connectivity index (χ1v) is 9.78.